The van der Waals surface area contributed by atoms with Crippen LogP contribution < -0.4 is 5.73 Å². The van der Waals surface area contributed by atoms with Crippen LogP contribution in [0.15, 0.2) is 24.3 Å². The van der Waals surface area contributed by atoms with Crippen molar-refractivity contribution >= 4 is 0 Å². The van der Waals surface area contributed by atoms with Crippen molar-refractivity contribution in [1.29, 1.82) is 0 Å². The Morgan fingerprint density at radius 1 is 1.06 bits per heavy atom. The molecule has 0 bridgehead atoms. The summed E-state index contributed by atoms with van der Waals surface area (Å²) in [4.78, 5) is 0. The molecule has 0 saturated carbocycles. The van der Waals surface area contributed by atoms with Crippen molar-refractivity contribution in [3.05, 3.63) is 35.4 Å². The molecular formula is C14H23NO. The summed E-state index contributed by atoms with van der Waals surface area (Å²) in [5.74, 6) is 0.914. The van der Waals surface area contributed by atoms with E-state index >= 15 is 0 Å². The summed E-state index contributed by atoms with van der Waals surface area (Å²) in [6.45, 7) is 7.18. The average molecular weight is 221 g/mol. The van der Waals surface area contributed by atoms with E-state index in [1.54, 1.807) is 7.11 Å². The first-order valence-electron chi connectivity index (χ1n) is 5.92. The third kappa shape index (κ3) is 3.06. The number of methoxy groups -OCH3 is 1. The Labute approximate surface area is 98.8 Å². The van der Waals surface area contributed by atoms with E-state index in [-0.39, 0.29) is 6.10 Å². The molecule has 0 saturated heterocycles. The molecule has 0 aliphatic carbocycles. The van der Waals surface area contributed by atoms with Crippen LogP contribution in [0.25, 0.3) is 0 Å². The Morgan fingerprint density at radius 3 is 1.94 bits per heavy atom. The molecule has 0 radical (unpaired) electrons. The number of hydrogen-bond acceptors (Lipinski definition) is 2. The average Bonchev–Trinajstić information content (AvgIpc) is 2.29. The molecule has 90 valence electrons. The van der Waals surface area contributed by atoms with E-state index < -0.39 is 0 Å². The molecule has 0 fully saturated rings. The minimum absolute atomic E-state index is 0.183. The number of rotatable bonds is 5. The van der Waals surface area contributed by atoms with Gasteiger partial charge in [-0.3, -0.25) is 0 Å². The van der Waals surface area contributed by atoms with Gasteiger partial charge in [-0.05, 0) is 29.5 Å². The third-order valence-electron chi connectivity index (χ3n) is 3.05. The highest BCUT2D eigenvalue weighted by Crippen LogP contribution is 2.26. The number of hydrogen-bond donors (Lipinski definition) is 1. The Balaban J connectivity index is 2.85. The lowest BCUT2D eigenvalue weighted by Gasteiger charge is -2.20. The van der Waals surface area contributed by atoms with Gasteiger partial charge in [-0.15, -0.1) is 0 Å². The van der Waals surface area contributed by atoms with Crippen molar-refractivity contribution < 1.29 is 4.74 Å². The fourth-order valence-electron chi connectivity index (χ4n) is 1.94. The fourth-order valence-corrected chi connectivity index (χ4v) is 1.94. The summed E-state index contributed by atoms with van der Waals surface area (Å²) in [5.41, 5.74) is 8.19. The van der Waals surface area contributed by atoms with Gasteiger partial charge in [0.05, 0.1) is 6.10 Å². The lowest BCUT2D eigenvalue weighted by atomic mass is 9.95. The van der Waals surface area contributed by atoms with Crippen molar-refractivity contribution in [2.75, 3.05) is 13.7 Å². The van der Waals surface area contributed by atoms with Crippen molar-refractivity contribution in [3.8, 4) is 0 Å². The van der Waals surface area contributed by atoms with Crippen molar-refractivity contribution in [2.24, 2.45) is 11.7 Å². The molecule has 0 aromatic heterocycles. The summed E-state index contributed by atoms with van der Waals surface area (Å²) in [6, 6.07) is 8.60. The molecule has 2 atom stereocenters. The Bertz CT molecular complexity index is 305. The standard InChI is InChI=1S/C14H23NO/c1-10(2)14(16-4)13-7-5-12(6-8-13)11(3)9-15/h5-8,10-11,14H,9,15H2,1-4H3/t11-,14-/m0/s1. The summed E-state index contributed by atoms with van der Waals surface area (Å²) >= 11 is 0. The molecule has 1 rings (SSSR count). The van der Waals surface area contributed by atoms with Crippen LogP contribution in [0.4, 0.5) is 0 Å². The molecule has 2 N–H and O–H groups in total. The second-order valence-electron chi connectivity index (χ2n) is 4.70. The number of nitrogens with two attached hydrogens (primary N) is 1. The van der Waals surface area contributed by atoms with Gasteiger partial charge in [0.15, 0.2) is 0 Å². The van der Waals surface area contributed by atoms with E-state index in [4.69, 9.17) is 10.5 Å². The van der Waals surface area contributed by atoms with E-state index in [0.29, 0.717) is 18.4 Å². The van der Waals surface area contributed by atoms with Crippen LogP contribution in [0.2, 0.25) is 0 Å². The highest BCUT2D eigenvalue weighted by Gasteiger charge is 2.14. The monoisotopic (exact) mass is 221 g/mol. The molecule has 2 nitrogen and oxygen atoms in total. The van der Waals surface area contributed by atoms with Gasteiger partial charge in [0.2, 0.25) is 0 Å². The zero-order valence-corrected chi connectivity index (χ0v) is 10.7. The Hall–Kier alpha value is -0.860. The molecule has 0 aliphatic rings. The molecule has 0 aliphatic heterocycles. The van der Waals surface area contributed by atoms with Gasteiger partial charge < -0.3 is 10.5 Å². The minimum atomic E-state index is 0.183. The molecule has 16 heavy (non-hydrogen) atoms. The van der Waals surface area contributed by atoms with Crippen molar-refractivity contribution in [2.45, 2.75) is 32.8 Å². The van der Waals surface area contributed by atoms with E-state index in [2.05, 4.69) is 45.0 Å². The molecule has 1 aromatic carbocycles. The van der Waals surface area contributed by atoms with E-state index in [1.807, 2.05) is 0 Å². The second-order valence-corrected chi connectivity index (χ2v) is 4.70. The van der Waals surface area contributed by atoms with Crippen LogP contribution in [-0.4, -0.2) is 13.7 Å². The Kier molecular flexibility index (Phi) is 4.97. The maximum atomic E-state index is 5.65. The summed E-state index contributed by atoms with van der Waals surface area (Å²) in [5, 5.41) is 0. The molecule has 1 aromatic rings. The lowest BCUT2D eigenvalue weighted by Crippen LogP contribution is -2.11. The van der Waals surface area contributed by atoms with Crippen LogP contribution in [0.3, 0.4) is 0 Å². The molecule has 0 amide bonds. The molecule has 0 heterocycles. The van der Waals surface area contributed by atoms with Crippen LogP contribution >= 0.6 is 0 Å². The maximum absolute atomic E-state index is 5.65. The van der Waals surface area contributed by atoms with E-state index in [0.717, 1.165) is 0 Å². The minimum Gasteiger partial charge on any atom is -0.376 e. The smallest absolute Gasteiger partial charge is 0.0844 e. The summed E-state index contributed by atoms with van der Waals surface area (Å²) < 4.78 is 5.50. The normalized spacial score (nSPS) is 15.1. The van der Waals surface area contributed by atoms with Gasteiger partial charge in [-0.2, -0.15) is 0 Å². The largest absolute Gasteiger partial charge is 0.376 e. The summed E-state index contributed by atoms with van der Waals surface area (Å²) in [6.07, 6.45) is 0.183. The quantitative estimate of drug-likeness (QED) is 0.829. The number of benzene rings is 1. The molecule has 0 spiro atoms. The highest BCUT2D eigenvalue weighted by atomic mass is 16.5. The van der Waals surface area contributed by atoms with Crippen LogP contribution in [-0.2, 0) is 4.74 Å². The van der Waals surface area contributed by atoms with Gasteiger partial charge in [0.1, 0.15) is 0 Å². The first-order valence-corrected chi connectivity index (χ1v) is 5.92. The first kappa shape index (κ1) is 13.2. The zero-order valence-electron chi connectivity index (χ0n) is 10.7. The lowest BCUT2D eigenvalue weighted by molar-refractivity contribution is 0.0646. The van der Waals surface area contributed by atoms with Gasteiger partial charge in [0.25, 0.3) is 0 Å². The fraction of sp³-hybridized carbons (Fsp3) is 0.571. The van der Waals surface area contributed by atoms with Crippen LogP contribution in [0.1, 0.15) is 43.9 Å². The van der Waals surface area contributed by atoms with Crippen LogP contribution in [0.5, 0.6) is 0 Å². The first-order chi connectivity index (χ1) is 7.60. The topological polar surface area (TPSA) is 35.2 Å². The SMILES string of the molecule is CO[C@H](c1ccc([C@@H](C)CN)cc1)C(C)C. The summed E-state index contributed by atoms with van der Waals surface area (Å²) in [7, 11) is 1.76. The van der Waals surface area contributed by atoms with E-state index in [9.17, 15) is 0 Å². The van der Waals surface area contributed by atoms with Gasteiger partial charge in [-0.25, -0.2) is 0 Å². The second kappa shape index (κ2) is 6.02. The molecular weight excluding hydrogens is 198 g/mol. The van der Waals surface area contributed by atoms with Crippen molar-refractivity contribution in [3.63, 3.8) is 0 Å². The van der Waals surface area contributed by atoms with Gasteiger partial charge in [0, 0.05) is 7.11 Å². The molecule has 0 unspecified atom stereocenters. The highest BCUT2D eigenvalue weighted by molar-refractivity contribution is 5.27. The third-order valence-corrected chi connectivity index (χ3v) is 3.05. The predicted octanol–water partition coefficient (Wildman–Crippen LogP) is 3.09. The zero-order chi connectivity index (χ0) is 12.1. The van der Waals surface area contributed by atoms with Gasteiger partial charge >= 0.3 is 0 Å². The maximum Gasteiger partial charge on any atom is 0.0844 e. The number of ether oxygens (including phenoxy) is 1. The van der Waals surface area contributed by atoms with Crippen LogP contribution in [0, 0.1) is 5.92 Å². The van der Waals surface area contributed by atoms with E-state index in [1.165, 1.54) is 11.1 Å². The van der Waals surface area contributed by atoms with Crippen molar-refractivity contribution in [1.82, 2.24) is 0 Å². The predicted molar refractivity (Wildman–Crippen MR) is 68.5 cm³/mol. The van der Waals surface area contributed by atoms with Gasteiger partial charge in [-0.1, -0.05) is 45.0 Å². The Morgan fingerprint density at radius 2 is 1.56 bits per heavy atom. The molecule has 2 heteroatoms.